The van der Waals surface area contributed by atoms with Crippen LogP contribution in [-0.4, -0.2) is 36.0 Å². The van der Waals surface area contributed by atoms with Crippen molar-refractivity contribution in [2.45, 2.75) is 78.6 Å². The largest absolute Gasteiger partial charge is 0.389 e. The van der Waals surface area contributed by atoms with Gasteiger partial charge in [-0.3, -0.25) is 0 Å². The van der Waals surface area contributed by atoms with Crippen LogP contribution >= 0.6 is 0 Å². The van der Waals surface area contributed by atoms with Crippen molar-refractivity contribution in [3.8, 4) is 0 Å². The van der Waals surface area contributed by atoms with E-state index in [-0.39, 0.29) is 11.0 Å². The predicted molar refractivity (Wildman–Crippen MR) is 82.7 cm³/mol. The van der Waals surface area contributed by atoms with Crippen LogP contribution in [0.1, 0.15) is 60.8 Å². The van der Waals surface area contributed by atoms with Crippen molar-refractivity contribution in [1.29, 1.82) is 0 Å². The normalized spacial score (nSPS) is 37.4. The molecule has 3 nitrogen and oxygen atoms in total. The highest BCUT2D eigenvalue weighted by Gasteiger charge is 2.61. The number of nitrogens with one attached hydrogen (secondary N) is 1. The van der Waals surface area contributed by atoms with Crippen molar-refractivity contribution >= 4 is 0 Å². The highest BCUT2D eigenvalue weighted by atomic mass is 16.5. The van der Waals surface area contributed by atoms with Gasteiger partial charge >= 0.3 is 0 Å². The zero-order valence-corrected chi connectivity index (χ0v) is 14.1. The van der Waals surface area contributed by atoms with E-state index in [2.05, 4.69) is 46.9 Å². The van der Waals surface area contributed by atoms with E-state index >= 15 is 0 Å². The van der Waals surface area contributed by atoms with Gasteiger partial charge in [-0.15, -0.1) is 0 Å². The molecular weight excluding hydrogens is 250 g/mol. The number of ether oxygens (including phenoxy) is 1. The first-order valence-electron chi connectivity index (χ1n) is 8.11. The molecule has 2 aliphatic rings. The number of rotatable bonds is 5. The molecule has 4 atom stereocenters. The summed E-state index contributed by atoms with van der Waals surface area (Å²) in [5, 5.41) is 13.4. The summed E-state index contributed by atoms with van der Waals surface area (Å²) in [7, 11) is 0. The van der Waals surface area contributed by atoms with Crippen molar-refractivity contribution < 1.29 is 9.84 Å². The Morgan fingerprint density at radius 1 is 1.30 bits per heavy atom. The summed E-state index contributed by atoms with van der Waals surface area (Å²) in [5.41, 5.74) is 0.711. The van der Waals surface area contributed by atoms with E-state index in [0.717, 1.165) is 5.92 Å². The summed E-state index contributed by atoms with van der Waals surface area (Å²) >= 11 is 0. The van der Waals surface area contributed by atoms with Crippen LogP contribution in [-0.2, 0) is 4.74 Å². The van der Waals surface area contributed by atoms with Gasteiger partial charge in [0.15, 0.2) is 0 Å². The first kappa shape index (κ1) is 16.3. The van der Waals surface area contributed by atoms with Crippen LogP contribution in [0, 0.1) is 16.7 Å². The van der Waals surface area contributed by atoms with E-state index in [4.69, 9.17) is 4.74 Å². The van der Waals surface area contributed by atoms with Crippen LogP contribution in [0.5, 0.6) is 0 Å². The highest BCUT2D eigenvalue weighted by Crippen LogP contribution is 2.66. The molecule has 20 heavy (non-hydrogen) atoms. The first-order chi connectivity index (χ1) is 9.06. The second kappa shape index (κ2) is 5.26. The van der Waals surface area contributed by atoms with E-state index in [9.17, 15) is 5.11 Å². The van der Waals surface area contributed by atoms with E-state index in [1.54, 1.807) is 0 Å². The minimum atomic E-state index is -0.417. The summed E-state index contributed by atoms with van der Waals surface area (Å²) in [6.07, 6.45) is 3.69. The average Bonchev–Trinajstić information content (AvgIpc) is 2.65. The molecule has 0 aromatic rings. The Morgan fingerprint density at radius 3 is 2.40 bits per heavy atom. The van der Waals surface area contributed by atoms with Gasteiger partial charge in [-0.25, -0.2) is 0 Å². The maximum absolute atomic E-state index is 10.1. The Labute approximate surface area is 124 Å². The van der Waals surface area contributed by atoms with Crippen molar-refractivity contribution in [1.82, 2.24) is 5.32 Å². The van der Waals surface area contributed by atoms with Gasteiger partial charge in [0, 0.05) is 12.1 Å². The zero-order valence-electron chi connectivity index (χ0n) is 14.1. The number of hydrogen-bond acceptors (Lipinski definition) is 3. The SMILES string of the molecule is CC(C)(C)NC[C@@H](O)CO[C@@H]1C[C@H]2CC[C@]1(C)C2(C)C. The van der Waals surface area contributed by atoms with E-state index in [1.165, 1.54) is 19.3 Å². The van der Waals surface area contributed by atoms with Crippen LogP contribution in [0.15, 0.2) is 0 Å². The molecule has 0 aromatic heterocycles. The molecule has 2 fully saturated rings. The van der Waals surface area contributed by atoms with E-state index < -0.39 is 6.10 Å². The molecule has 0 amide bonds. The van der Waals surface area contributed by atoms with Gasteiger partial charge in [-0.2, -0.15) is 0 Å². The molecule has 0 spiro atoms. The van der Waals surface area contributed by atoms with Crippen molar-refractivity contribution in [3.63, 3.8) is 0 Å². The standard InChI is InChI=1S/C17H33NO2/c1-15(2,3)18-10-13(19)11-20-14-9-12-7-8-17(14,6)16(12,4)5/h12-14,18-19H,7-11H2,1-6H3/t12-,13-,14-,17+/m1/s1. The molecule has 2 saturated carbocycles. The Kier molecular flexibility index (Phi) is 4.27. The van der Waals surface area contributed by atoms with Gasteiger partial charge in [-0.1, -0.05) is 20.8 Å². The van der Waals surface area contributed by atoms with Gasteiger partial charge in [0.25, 0.3) is 0 Å². The second-order valence-corrected chi connectivity index (χ2v) is 8.72. The Bertz CT molecular complexity index is 347. The molecule has 2 aliphatic carbocycles. The fourth-order valence-corrected chi connectivity index (χ4v) is 4.09. The van der Waals surface area contributed by atoms with Gasteiger partial charge in [0.2, 0.25) is 0 Å². The summed E-state index contributed by atoms with van der Waals surface area (Å²) in [6, 6.07) is 0. The molecule has 0 heterocycles. The fraction of sp³-hybridized carbons (Fsp3) is 1.00. The lowest BCUT2D eigenvalue weighted by molar-refractivity contribution is -0.0748. The predicted octanol–water partition coefficient (Wildman–Crippen LogP) is 2.97. The third-order valence-electron chi connectivity index (χ3n) is 6.07. The third kappa shape index (κ3) is 2.90. The minimum Gasteiger partial charge on any atom is -0.389 e. The molecule has 0 aliphatic heterocycles. The smallest absolute Gasteiger partial charge is 0.0898 e. The van der Waals surface area contributed by atoms with Crippen molar-refractivity contribution in [3.05, 3.63) is 0 Å². The molecule has 0 aromatic carbocycles. The molecule has 0 unspecified atom stereocenters. The lowest BCUT2D eigenvalue weighted by Crippen LogP contribution is -2.43. The van der Waals surface area contributed by atoms with Crippen molar-refractivity contribution in [2.75, 3.05) is 13.2 Å². The lowest BCUT2D eigenvalue weighted by atomic mass is 9.70. The van der Waals surface area contributed by atoms with Crippen LogP contribution in [0.25, 0.3) is 0 Å². The van der Waals surface area contributed by atoms with Crippen molar-refractivity contribution in [2.24, 2.45) is 16.7 Å². The fourth-order valence-electron chi connectivity index (χ4n) is 4.09. The molecule has 0 saturated heterocycles. The van der Waals surface area contributed by atoms with Gasteiger partial charge < -0.3 is 15.2 Å². The third-order valence-corrected chi connectivity index (χ3v) is 6.07. The Balaban J connectivity index is 1.81. The van der Waals surface area contributed by atoms with Crippen LogP contribution in [0.4, 0.5) is 0 Å². The summed E-state index contributed by atoms with van der Waals surface area (Å²) in [4.78, 5) is 0. The first-order valence-corrected chi connectivity index (χ1v) is 8.11. The molecule has 0 radical (unpaired) electrons. The monoisotopic (exact) mass is 283 g/mol. The Morgan fingerprint density at radius 2 is 1.95 bits per heavy atom. The van der Waals surface area contributed by atoms with Crippen LogP contribution < -0.4 is 5.32 Å². The maximum atomic E-state index is 10.1. The number of fused-ring (bicyclic) bond motifs is 2. The quantitative estimate of drug-likeness (QED) is 0.815. The summed E-state index contributed by atoms with van der Waals surface area (Å²) in [5.74, 6) is 0.794. The molecule has 2 N–H and O–H groups in total. The Hall–Kier alpha value is -0.120. The van der Waals surface area contributed by atoms with E-state index in [1.807, 2.05) is 0 Å². The number of hydrogen-bond donors (Lipinski definition) is 2. The topological polar surface area (TPSA) is 41.5 Å². The second-order valence-electron chi connectivity index (χ2n) is 8.72. The highest BCUT2D eigenvalue weighted by molar-refractivity contribution is 5.11. The molecular formula is C17H33NO2. The van der Waals surface area contributed by atoms with E-state index in [0.29, 0.717) is 24.7 Å². The molecule has 118 valence electrons. The number of β-amino-alcohol motifs (C(OH)–C–C–N with tert-alkyl or cyclic N) is 1. The lowest BCUT2D eigenvalue weighted by Gasteiger charge is -2.39. The van der Waals surface area contributed by atoms with Gasteiger partial charge in [0.1, 0.15) is 0 Å². The number of aliphatic hydroxyl groups is 1. The maximum Gasteiger partial charge on any atom is 0.0898 e. The molecule has 3 heteroatoms. The summed E-state index contributed by atoms with van der Waals surface area (Å²) in [6.45, 7) is 14.5. The minimum absolute atomic E-state index is 0.0430. The average molecular weight is 283 g/mol. The summed E-state index contributed by atoms with van der Waals surface area (Å²) < 4.78 is 6.11. The van der Waals surface area contributed by atoms with Gasteiger partial charge in [0.05, 0.1) is 18.8 Å². The number of aliphatic hydroxyl groups excluding tert-OH is 1. The van der Waals surface area contributed by atoms with Crippen LogP contribution in [0.3, 0.4) is 0 Å². The molecule has 2 bridgehead atoms. The molecule has 2 rings (SSSR count). The van der Waals surface area contributed by atoms with Gasteiger partial charge in [-0.05, 0) is 56.8 Å². The zero-order chi connectivity index (χ0) is 15.2. The van der Waals surface area contributed by atoms with Crippen LogP contribution in [0.2, 0.25) is 0 Å².